The summed E-state index contributed by atoms with van der Waals surface area (Å²) >= 11 is 0. The standard InChI is InChI=1S/C14H18F3N3O/c15-14(16,17)10-21-9-12-4-2-11(3-5-12)8-20-13-18-6-1-7-19-13/h2-5H,1,6-10H2,(H2,18,19,20). The molecule has 0 spiro atoms. The van der Waals surface area contributed by atoms with Gasteiger partial charge in [-0.15, -0.1) is 0 Å². The number of nitrogens with zero attached hydrogens (tertiary/aromatic N) is 1. The summed E-state index contributed by atoms with van der Waals surface area (Å²) < 4.78 is 40.5. The van der Waals surface area contributed by atoms with Crippen LogP contribution >= 0.6 is 0 Å². The van der Waals surface area contributed by atoms with Gasteiger partial charge in [0.2, 0.25) is 0 Å². The molecule has 4 nitrogen and oxygen atoms in total. The van der Waals surface area contributed by atoms with Crippen molar-refractivity contribution >= 4 is 5.96 Å². The van der Waals surface area contributed by atoms with Crippen molar-refractivity contribution in [2.75, 3.05) is 19.7 Å². The molecule has 0 saturated carbocycles. The third kappa shape index (κ3) is 6.03. The first-order chi connectivity index (χ1) is 10.0. The third-order valence-electron chi connectivity index (χ3n) is 2.91. The highest BCUT2D eigenvalue weighted by Gasteiger charge is 2.27. The highest BCUT2D eigenvalue weighted by Crippen LogP contribution is 2.15. The van der Waals surface area contributed by atoms with Crippen molar-refractivity contribution in [3.8, 4) is 0 Å². The van der Waals surface area contributed by atoms with E-state index in [9.17, 15) is 13.2 Å². The SMILES string of the molecule is FC(F)(F)COCc1ccc(CNC2=NCCCN2)cc1. The van der Waals surface area contributed by atoms with E-state index in [1.54, 1.807) is 12.1 Å². The Labute approximate surface area is 121 Å². The maximum absolute atomic E-state index is 11.9. The predicted molar refractivity (Wildman–Crippen MR) is 73.9 cm³/mol. The van der Waals surface area contributed by atoms with Gasteiger partial charge in [-0.2, -0.15) is 13.2 Å². The molecule has 7 heteroatoms. The van der Waals surface area contributed by atoms with Crippen LogP contribution in [0.1, 0.15) is 17.5 Å². The van der Waals surface area contributed by atoms with Gasteiger partial charge in [-0.1, -0.05) is 24.3 Å². The molecule has 0 amide bonds. The lowest BCUT2D eigenvalue weighted by Crippen LogP contribution is -2.40. The lowest BCUT2D eigenvalue weighted by atomic mass is 10.1. The third-order valence-corrected chi connectivity index (χ3v) is 2.91. The van der Waals surface area contributed by atoms with E-state index in [0.717, 1.165) is 36.6 Å². The van der Waals surface area contributed by atoms with E-state index in [2.05, 4.69) is 20.4 Å². The number of aliphatic imine (C=N–C) groups is 1. The minimum Gasteiger partial charge on any atom is -0.367 e. The van der Waals surface area contributed by atoms with Crippen molar-refractivity contribution in [2.45, 2.75) is 25.7 Å². The Morgan fingerprint density at radius 2 is 1.90 bits per heavy atom. The van der Waals surface area contributed by atoms with Crippen LogP contribution in [0.15, 0.2) is 29.3 Å². The van der Waals surface area contributed by atoms with Crippen molar-refractivity contribution in [3.05, 3.63) is 35.4 Å². The first-order valence-corrected chi connectivity index (χ1v) is 6.77. The summed E-state index contributed by atoms with van der Waals surface area (Å²) in [4.78, 5) is 4.29. The zero-order valence-corrected chi connectivity index (χ0v) is 11.5. The molecule has 1 aromatic rings. The Kier molecular flexibility index (Phi) is 5.44. The largest absolute Gasteiger partial charge is 0.411 e. The molecule has 0 atom stereocenters. The van der Waals surface area contributed by atoms with E-state index in [-0.39, 0.29) is 6.61 Å². The smallest absolute Gasteiger partial charge is 0.367 e. The number of hydrogen-bond donors (Lipinski definition) is 2. The van der Waals surface area contributed by atoms with Crippen LogP contribution in [0, 0.1) is 0 Å². The highest BCUT2D eigenvalue weighted by atomic mass is 19.4. The number of rotatable bonds is 5. The van der Waals surface area contributed by atoms with Gasteiger partial charge in [0.05, 0.1) is 6.61 Å². The van der Waals surface area contributed by atoms with Gasteiger partial charge in [0.1, 0.15) is 6.61 Å². The quantitative estimate of drug-likeness (QED) is 0.876. The summed E-state index contributed by atoms with van der Waals surface area (Å²) in [7, 11) is 0. The van der Waals surface area contributed by atoms with Gasteiger partial charge in [-0.05, 0) is 17.5 Å². The number of alkyl halides is 3. The van der Waals surface area contributed by atoms with Crippen molar-refractivity contribution in [3.63, 3.8) is 0 Å². The van der Waals surface area contributed by atoms with Crippen LogP contribution in [-0.2, 0) is 17.9 Å². The number of ether oxygens (including phenoxy) is 1. The van der Waals surface area contributed by atoms with Crippen LogP contribution in [0.3, 0.4) is 0 Å². The molecule has 1 aromatic carbocycles. The molecule has 1 aliphatic rings. The number of guanidine groups is 1. The molecule has 0 aromatic heterocycles. The molecule has 0 aliphatic carbocycles. The molecule has 0 radical (unpaired) electrons. The second kappa shape index (κ2) is 7.31. The van der Waals surface area contributed by atoms with Gasteiger partial charge in [0.25, 0.3) is 0 Å². The second-order valence-electron chi connectivity index (χ2n) is 4.79. The summed E-state index contributed by atoms with van der Waals surface area (Å²) in [6, 6.07) is 7.26. The van der Waals surface area contributed by atoms with Crippen LogP contribution in [-0.4, -0.2) is 31.8 Å². The lowest BCUT2D eigenvalue weighted by Gasteiger charge is -2.16. The summed E-state index contributed by atoms with van der Waals surface area (Å²) in [5.74, 6) is 0.791. The number of benzene rings is 1. The molecule has 1 aliphatic heterocycles. The number of nitrogens with one attached hydrogen (secondary N) is 2. The molecule has 2 rings (SSSR count). The van der Waals surface area contributed by atoms with Gasteiger partial charge in [0.15, 0.2) is 5.96 Å². The maximum Gasteiger partial charge on any atom is 0.411 e. The van der Waals surface area contributed by atoms with Gasteiger partial charge >= 0.3 is 6.18 Å². The minimum absolute atomic E-state index is 0.0402. The first-order valence-electron chi connectivity index (χ1n) is 6.77. The molecule has 0 bridgehead atoms. The first kappa shape index (κ1) is 15.6. The molecular weight excluding hydrogens is 283 g/mol. The van der Waals surface area contributed by atoms with Gasteiger partial charge in [-0.3, -0.25) is 4.99 Å². The molecular formula is C14H18F3N3O. The average Bonchev–Trinajstić information content (AvgIpc) is 2.46. The molecule has 1 heterocycles. The molecule has 0 saturated heterocycles. The zero-order valence-electron chi connectivity index (χ0n) is 11.5. The Morgan fingerprint density at radius 1 is 1.19 bits per heavy atom. The fourth-order valence-corrected chi connectivity index (χ4v) is 1.87. The van der Waals surface area contributed by atoms with Gasteiger partial charge in [-0.25, -0.2) is 0 Å². The number of hydrogen-bond acceptors (Lipinski definition) is 4. The Morgan fingerprint density at radius 3 is 2.52 bits per heavy atom. The summed E-state index contributed by atoms with van der Waals surface area (Å²) in [5, 5.41) is 6.33. The monoisotopic (exact) mass is 301 g/mol. The van der Waals surface area contributed by atoms with Crippen molar-refractivity contribution in [1.29, 1.82) is 0 Å². The molecule has 0 fully saturated rings. The van der Waals surface area contributed by atoms with Gasteiger partial charge in [0, 0.05) is 19.6 Å². The van der Waals surface area contributed by atoms with E-state index in [4.69, 9.17) is 0 Å². The molecule has 116 valence electrons. The minimum atomic E-state index is -4.28. The molecule has 0 unspecified atom stereocenters. The summed E-state index contributed by atoms with van der Waals surface area (Å²) in [6.45, 7) is 1.10. The van der Waals surface area contributed by atoms with Crippen LogP contribution in [0.2, 0.25) is 0 Å². The van der Waals surface area contributed by atoms with E-state index >= 15 is 0 Å². The van der Waals surface area contributed by atoms with Crippen LogP contribution < -0.4 is 10.6 Å². The fourth-order valence-electron chi connectivity index (χ4n) is 1.87. The lowest BCUT2D eigenvalue weighted by molar-refractivity contribution is -0.176. The predicted octanol–water partition coefficient (Wildman–Crippen LogP) is 2.20. The highest BCUT2D eigenvalue weighted by molar-refractivity contribution is 5.80. The van der Waals surface area contributed by atoms with Crippen LogP contribution in [0.25, 0.3) is 0 Å². The summed E-state index contributed by atoms with van der Waals surface area (Å²) in [5.41, 5.74) is 1.75. The van der Waals surface area contributed by atoms with E-state index in [0.29, 0.717) is 6.54 Å². The average molecular weight is 301 g/mol. The normalized spacial score (nSPS) is 15.3. The second-order valence-corrected chi connectivity index (χ2v) is 4.79. The van der Waals surface area contributed by atoms with E-state index in [1.807, 2.05) is 12.1 Å². The number of halogens is 3. The Balaban J connectivity index is 1.75. The van der Waals surface area contributed by atoms with Crippen molar-refractivity contribution < 1.29 is 17.9 Å². The van der Waals surface area contributed by atoms with Gasteiger partial charge < -0.3 is 15.4 Å². The van der Waals surface area contributed by atoms with E-state index < -0.39 is 12.8 Å². The van der Waals surface area contributed by atoms with Crippen molar-refractivity contribution in [2.24, 2.45) is 4.99 Å². The fraction of sp³-hybridized carbons (Fsp3) is 0.500. The maximum atomic E-state index is 11.9. The summed E-state index contributed by atoms with van der Waals surface area (Å²) in [6.07, 6.45) is -3.24. The molecule has 21 heavy (non-hydrogen) atoms. The van der Waals surface area contributed by atoms with Crippen molar-refractivity contribution in [1.82, 2.24) is 10.6 Å². The topological polar surface area (TPSA) is 45.6 Å². The Bertz CT molecular complexity index is 471. The van der Waals surface area contributed by atoms with E-state index in [1.165, 1.54) is 0 Å². The van der Waals surface area contributed by atoms with Crippen LogP contribution in [0.5, 0.6) is 0 Å². The zero-order chi connectivity index (χ0) is 15.1. The van der Waals surface area contributed by atoms with Crippen LogP contribution in [0.4, 0.5) is 13.2 Å². The Hall–Kier alpha value is -1.76. The molecule has 2 N–H and O–H groups in total.